The largest absolute Gasteiger partial charge is 0.497 e. The molecule has 0 aliphatic carbocycles. The Morgan fingerprint density at radius 2 is 1.97 bits per heavy atom. The lowest BCUT2D eigenvalue weighted by molar-refractivity contribution is -0.118. The summed E-state index contributed by atoms with van der Waals surface area (Å²) in [6.07, 6.45) is 2.11. The van der Waals surface area contributed by atoms with E-state index in [1.54, 1.807) is 30.0 Å². The summed E-state index contributed by atoms with van der Waals surface area (Å²) in [5, 5.41) is 1.29. The number of carbonyl (C=O) groups is 1. The zero-order valence-corrected chi connectivity index (χ0v) is 20.1. The van der Waals surface area contributed by atoms with Crippen LogP contribution in [0.5, 0.6) is 5.75 Å². The van der Waals surface area contributed by atoms with Gasteiger partial charge in [-0.3, -0.25) is 14.7 Å². The van der Waals surface area contributed by atoms with E-state index in [0.717, 1.165) is 32.1 Å². The quantitative estimate of drug-likeness (QED) is 0.272. The summed E-state index contributed by atoms with van der Waals surface area (Å²) in [5.41, 5.74) is 2.68. The van der Waals surface area contributed by atoms with Gasteiger partial charge in [-0.25, -0.2) is 4.98 Å². The first-order valence-corrected chi connectivity index (χ1v) is 12.3. The Kier molecular flexibility index (Phi) is 7.29. The Bertz CT molecular complexity index is 1170. The molecule has 2 aromatic heterocycles. The van der Waals surface area contributed by atoms with Crippen LogP contribution in [0.25, 0.3) is 10.2 Å². The monoisotopic (exact) mass is 483 g/mol. The van der Waals surface area contributed by atoms with E-state index >= 15 is 0 Å². The maximum Gasteiger partial charge on any atom is 0.229 e. The summed E-state index contributed by atoms with van der Waals surface area (Å²) in [4.78, 5) is 25.3. The van der Waals surface area contributed by atoms with Crippen LogP contribution in [0.3, 0.4) is 0 Å². The van der Waals surface area contributed by atoms with Gasteiger partial charge in [0.25, 0.3) is 0 Å². The number of nitrogens with zero attached hydrogens (tertiary/aromatic N) is 3. The molecular weight excluding hydrogens is 462 g/mol. The summed E-state index contributed by atoms with van der Waals surface area (Å²) in [7, 11) is 1.65. The zero-order valence-electron chi connectivity index (χ0n) is 17.7. The number of methoxy groups -OCH3 is 1. The van der Waals surface area contributed by atoms with Gasteiger partial charge in [0.15, 0.2) is 5.13 Å². The molecule has 4 rings (SSSR count). The Hall–Kier alpha value is -2.61. The van der Waals surface area contributed by atoms with Crippen LogP contribution in [-0.2, 0) is 11.3 Å². The molecule has 32 heavy (non-hydrogen) atoms. The molecule has 0 aliphatic rings. The lowest BCUT2D eigenvalue weighted by atomic mass is 10.2. The predicted octanol–water partition coefficient (Wildman–Crippen LogP) is 6.38. The highest BCUT2D eigenvalue weighted by molar-refractivity contribution is 7.99. The molecule has 0 radical (unpaired) electrons. The molecule has 0 N–H and O–H groups in total. The van der Waals surface area contributed by atoms with Gasteiger partial charge in [-0.15, -0.1) is 11.8 Å². The molecule has 0 fully saturated rings. The number of hydrogen-bond donors (Lipinski definition) is 0. The Balaban J connectivity index is 1.54. The van der Waals surface area contributed by atoms with E-state index < -0.39 is 0 Å². The number of thioether (sulfide) groups is 1. The summed E-state index contributed by atoms with van der Waals surface area (Å²) in [6, 6.07) is 17.4. The summed E-state index contributed by atoms with van der Waals surface area (Å²) in [6.45, 7) is 2.36. The number of amides is 1. The van der Waals surface area contributed by atoms with E-state index in [2.05, 4.69) is 4.98 Å². The Morgan fingerprint density at radius 3 is 2.66 bits per heavy atom. The third-order valence-electron chi connectivity index (χ3n) is 4.91. The second-order valence-electron chi connectivity index (χ2n) is 7.11. The highest BCUT2D eigenvalue weighted by atomic mass is 35.5. The van der Waals surface area contributed by atoms with Gasteiger partial charge < -0.3 is 4.74 Å². The van der Waals surface area contributed by atoms with Gasteiger partial charge in [0, 0.05) is 23.3 Å². The van der Waals surface area contributed by atoms with Crippen LogP contribution < -0.4 is 9.64 Å². The zero-order chi connectivity index (χ0) is 22.5. The first kappa shape index (κ1) is 22.6. The SMILES string of the molecule is COc1ccc(SCCC(=O)N(Cc2ccccn2)c2nc3c(C)ccc(Cl)c3s2)cc1. The molecule has 4 aromatic rings. The number of aromatic nitrogens is 2. The minimum absolute atomic E-state index is 0.00416. The van der Waals surface area contributed by atoms with Gasteiger partial charge in [0.05, 0.1) is 34.6 Å². The molecule has 0 bridgehead atoms. The lowest BCUT2D eigenvalue weighted by Gasteiger charge is -2.19. The molecule has 0 saturated heterocycles. The van der Waals surface area contributed by atoms with Gasteiger partial charge in [-0.2, -0.15) is 0 Å². The fourth-order valence-corrected chi connectivity index (χ4v) is 5.36. The highest BCUT2D eigenvalue weighted by Crippen LogP contribution is 2.36. The number of rotatable bonds is 8. The third kappa shape index (κ3) is 5.23. The fourth-order valence-electron chi connectivity index (χ4n) is 3.19. The topological polar surface area (TPSA) is 55.3 Å². The number of pyridine rings is 1. The molecule has 8 heteroatoms. The van der Waals surface area contributed by atoms with Crippen molar-refractivity contribution in [1.29, 1.82) is 0 Å². The van der Waals surface area contributed by atoms with Gasteiger partial charge in [0.2, 0.25) is 5.91 Å². The number of halogens is 1. The standard InChI is InChI=1S/C24H22ClN3O2S2/c1-16-6-11-20(25)23-22(16)27-24(32-23)28(15-17-5-3-4-13-26-17)21(29)12-14-31-19-9-7-18(30-2)8-10-19/h3-11,13H,12,14-15H2,1-2H3. The van der Waals surface area contributed by atoms with Crippen molar-refractivity contribution in [3.8, 4) is 5.75 Å². The number of thiazole rings is 1. The van der Waals surface area contributed by atoms with Crippen LogP contribution in [-0.4, -0.2) is 28.7 Å². The molecule has 0 spiro atoms. The normalized spacial score (nSPS) is 11.0. The molecule has 5 nitrogen and oxygen atoms in total. The van der Waals surface area contributed by atoms with E-state index in [0.29, 0.717) is 28.9 Å². The third-order valence-corrected chi connectivity index (χ3v) is 7.46. The van der Waals surface area contributed by atoms with E-state index in [-0.39, 0.29) is 5.91 Å². The number of hydrogen-bond acceptors (Lipinski definition) is 6. The smallest absolute Gasteiger partial charge is 0.229 e. The first-order chi connectivity index (χ1) is 15.5. The first-order valence-electron chi connectivity index (χ1n) is 10.1. The van der Waals surface area contributed by atoms with E-state index in [1.807, 2.05) is 61.5 Å². The molecule has 0 aliphatic heterocycles. The molecular formula is C24H22ClN3O2S2. The van der Waals surface area contributed by atoms with Crippen molar-refractivity contribution in [2.75, 3.05) is 17.8 Å². The second kappa shape index (κ2) is 10.3. The van der Waals surface area contributed by atoms with Gasteiger partial charge in [-0.1, -0.05) is 35.1 Å². The van der Waals surface area contributed by atoms with Gasteiger partial charge >= 0.3 is 0 Å². The van der Waals surface area contributed by atoms with E-state index in [9.17, 15) is 4.79 Å². The number of fused-ring (bicyclic) bond motifs is 1. The lowest BCUT2D eigenvalue weighted by Crippen LogP contribution is -2.30. The molecule has 2 aromatic carbocycles. The maximum absolute atomic E-state index is 13.3. The fraction of sp³-hybridized carbons (Fsp3) is 0.208. The van der Waals surface area contributed by atoms with Crippen molar-refractivity contribution in [2.24, 2.45) is 0 Å². The van der Waals surface area contributed by atoms with Gasteiger partial charge in [-0.05, 0) is 55.0 Å². The number of aryl methyl sites for hydroxylation is 1. The van der Waals surface area contributed by atoms with Crippen LogP contribution in [0.4, 0.5) is 5.13 Å². The minimum atomic E-state index is 0.00416. The Labute approximate surface area is 200 Å². The number of benzene rings is 2. The van der Waals surface area contributed by atoms with E-state index in [4.69, 9.17) is 21.3 Å². The molecule has 1 amide bonds. The van der Waals surface area contributed by atoms with Crippen LogP contribution >= 0.6 is 34.7 Å². The average Bonchev–Trinajstić information content (AvgIpc) is 3.27. The predicted molar refractivity (Wildman–Crippen MR) is 133 cm³/mol. The van der Waals surface area contributed by atoms with Crippen LogP contribution in [0.15, 0.2) is 65.7 Å². The molecule has 164 valence electrons. The van der Waals surface area contributed by atoms with Crippen molar-refractivity contribution in [3.05, 3.63) is 77.1 Å². The second-order valence-corrected chi connectivity index (χ2v) is 9.67. The molecule has 0 atom stereocenters. The van der Waals surface area contributed by atoms with Crippen molar-refractivity contribution in [3.63, 3.8) is 0 Å². The molecule has 0 unspecified atom stereocenters. The van der Waals surface area contributed by atoms with Crippen molar-refractivity contribution in [2.45, 2.75) is 24.8 Å². The summed E-state index contributed by atoms with van der Waals surface area (Å²) < 4.78 is 6.10. The summed E-state index contributed by atoms with van der Waals surface area (Å²) in [5.74, 6) is 1.48. The van der Waals surface area contributed by atoms with Crippen LogP contribution in [0.1, 0.15) is 17.7 Å². The summed E-state index contributed by atoms with van der Waals surface area (Å²) >= 11 is 9.48. The average molecular weight is 484 g/mol. The van der Waals surface area contributed by atoms with Crippen molar-refractivity contribution < 1.29 is 9.53 Å². The number of anilines is 1. The molecule has 2 heterocycles. The van der Waals surface area contributed by atoms with Crippen LogP contribution in [0, 0.1) is 6.92 Å². The van der Waals surface area contributed by atoms with Crippen LogP contribution in [0.2, 0.25) is 5.02 Å². The number of carbonyl (C=O) groups excluding carboxylic acids is 1. The van der Waals surface area contributed by atoms with E-state index in [1.165, 1.54) is 11.3 Å². The number of ether oxygens (including phenoxy) is 1. The maximum atomic E-state index is 13.3. The highest BCUT2D eigenvalue weighted by Gasteiger charge is 2.22. The van der Waals surface area contributed by atoms with Crippen molar-refractivity contribution >= 4 is 56.0 Å². The molecule has 0 saturated carbocycles. The van der Waals surface area contributed by atoms with Crippen molar-refractivity contribution in [1.82, 2.24) is 9.97 Å². The Morgan fingerprint density at radius 1 is 1.16 bits per heavy atom. The minimum Gasteiger partial charge on any atom is -0.497 e. The van der Waals surface area contributed by atoms with Gasteiger partial charge in [0.1, 0.15) is 5.75 Å².